The van der Waals surface area contributed by atoms with E-state index in [1.54, 1.807) is 35.9 Å². The van der Waals surface area contributed by atoms with Gasteiger partial charge in [-0.3, -0.25) is 18.5 Å². The maximum atomic E-state index is 12.7. The highest BCUT2D eigenvalue weighted by Crippen LogP contribution is 2.34. The number of benzene rings is 1. The average molecular weight is 354 g/mol. The van der Waals surface area contributed by atoms with Gasteiger partial charge in [-0.1, -0.05) is 30.3 Å². The van der Waals surface area contributed by atoms with Crippen LogP contribution in [0.25, 0.3) is 28.2 Å². The monoisotopic (exact) mass is 354 g/mol. The zero-order valence-corrected chi connectivity index (χ0v) is 14.2. The largest absolute Gasteiger partial charge is 0.358 e. The average Bonchev–Trinajstić information content (AvgIpc) is 3.14. The van der Waals surface area contributed by atoms with Crippen molar-refractivity contribution in [3.63, 3.8) is 0 Å². The first-order chi connectivity index (χ1) is 12.3. The van der Waals surface area contributed by atoms with Crippen molar-refractivity contribution in [1.29, 1.82) is 0 Å². The Labute approximate surface area is 145 Å². The molecule has 10 nitrogen and oxygen atoms in total. The second kappa shape index (κ2) is 5.15. The summed E-state index contributed by atoms with van der Waals surface area (Å²) in [6.45, 7) is 0. The maximum absolute atomic E-state index is 12.7. The van der Waals surface area contributed by atoms with Gasteiger partial charge in [-0.2, -0.15) is 4.98 Å². The van der Waals surface area contributed by atoms with E-state index in [4.69, 9.17) is 0 Å². The van der Waals surface area contributed by atoms with Crippen molar-refractivity contribution in [2.45, 2.75) is 0 Å². The van der Waals surface area contributed by atoms with Crippen molar-refractivity contribution >= 4 is 22.8 Å². The summed E-state index contributed by atoms with van der Waals surface area (Å²) in [5.41, 5.74) is -0.126. The molecule has 4 aromatic rings. The molecule has 3 aromatic heterocycles. The minimum absolute atomic E-state index is 0.00548. The highest BCUT2D eigenvalue weighted by atomic mass is 16.6. The van der Waals surface area contributed by atoms with E-state index in [1.807, 2.05) is 6.07 Å². The summed E-state index contributed by atoms with van der Waals surface area (Å²) in [6.07, 6.45) is 0. The molecule has 0 N–H and O–H groups in total. The fourth-order valence-corrected chi connectivity index (χ4v) is 3.25. The summed E-state index contributed by atoms with van der Waals surface area (Å²) in [5, 5.41) is 11.9. The molecule has 0 radical (unpaired) electrons. The molecule has 3 heterocycles. The fourth-order valence-electron chi connectivity index (χ4n) is 3.25. The molecule has 0 saturated carbocycles. The summed E-state index contributed by atoms with van der Waals surface area (Å²) in [6, 6.07) is 8.85. The number of nitro groups is 1. The Morgan fingerprint density at radius 1 is 1.00 bits per heavy atom. The van der Waals surface area contributed by atoms with Crippen molar-refractivity contribution < 1.29 is 4.92 Å². The maximum Gasteiger partial charge on any atom is 0.355 e. The van der Waals surface area contributed by atoms with E-state index in [0.717, 1.165) is 4.57 Å². The highest BCUT2D eigenvalue weighted by molar-refractivity contribution is 5.83. The molecular weight excluding hydrogens is 340 g/mol. The van der Waals surface area contributed by atoms with Crippen LogP contribution in [-0.4, -0.2) is 28.0 Å². The lowest BCUT2D eigenvalue weighted by molar-refractivity contribution is -0.389. The Kier molecular flexibility index (Phi) is 3.13. The quantitative estimate of drug-likeness (QED) is 0.391. The van der Waals surface area contributed by atoms with Gasteiger partial charge in [-0.25, -0.2) is 4.79 Å². The van der Waals surface area contributed by atoms with Crippen molar-refractivity contribution in [2.75, 3.05) is 0 Å². The molecule has 10 heteroatoms. The van der Waals surface area contributed by atoms with Gasteiger partial charge in [0.05, 0.1) is 0 Å². The molecule has 0 aliphatic heterocycles. The lowest BCUT2D eigenvalue weighted by Gasteiger charge is -2.04. The number of hydrogen-bond acceptors (Lipinski definition) is 5. The number of imidazole rings is 2. The molecule has 4 rings (SSSR count). The lowest BCUT2D eigenvalue weighted by atomic mass is 10.1. The SMILES string of the molecule is Cn1c(=O)c2c(nc3n(C)c(-c4ccccc4)c([N+](=O)[O-])n23)n(C)c1=O. The molecular formula is C16H14N6O4. The summed E-state index contributed by atoms with van der Waals surface area (Å²) in [5.74, 6) is -0.0594. The first-order valence-corrected chi connectivity index (χ1v) is 7.71. The summed E-state index contributed by atoms with van der Waals surface area (Å²) in [7, 11) is 4.44. The second-order valence-corrected chi connectivity index (χ2v) is 5.98. The standard InChI is InChI=1S/C16H14N6O4/c1-18-10(9-7-5-4-6-8-9)13(22(25)26)21-11-12(17-15(18)21)19(2)16(24)20(3)14(11)23/h4-8H,1-3H3. The zero-order chi connectivity index (χ0) is 18.7. The molecule has 0 aliphatic carbocycles. The van der Waals surface area contributed by atoms with Crippen molar-refractivity contribution in [3.05, 3.63) is 61.3 Å². The van der Waals surface area contributed by atoms with Crippen molar-refractivity contribution in [1.82, 2.24) is 23.1 Å². The summed E-state index contributed by atoms with van der Waals surface area (Å²) in [4.78, 5) is 40.5. The van der Waals surface area contributed by atoms with E-state index in [0.29, 0.717) is 11.3 Å². The van der Waals surface area contributed by atoms with Gasteiger partial charge in [0.25, 0.3) is 0 Å². The number of aromatic nitrogens is 5. The Balaban J connectivity index is 2.31. The van der Waals surface area contributed by atoms with Gasteiger partial charge in [0.2, 0.25) is 5.52 Å². The van der Waals surface area contributed by atoms with Crippen LogP contribution in [0.15, 0.2) is 39.9 Å². The van der Waals surface area contributed by atoms with Crippen LogP contribution in [-0.2, 0) is 21.1 Å². The van der Waals surface area contributed by atoms with E-state index < -0.39 is 16.2 Å². The van der Waals surface area contributed by atoms with Gasteiger partial charge in [0.1, 0.15) is 5.69 Å². The number of fused-ring (bicyclic) bond motifs is 3. The molecule has 0 atom stereocenters. The first kappa shape index (κ1) is 15.8. The summed E-state index contributed by atoms with van der Waals surface area (Å²) < 4.78 is 4.88. The lowest BCUT2D eigenvalue weighted by Crippen LogP contribution is -2.37. The third kappa shape index (κ3) is 1.83. The molecule has 0 aliphatic rings. The topological polar surface area (TPSA) is 109 Å². The smallest absolute Gasteiger partial charge is 0.355 e. The van der Waals surface area contributed by atoms with Gasteiger partial charge >= 0.3 is 22.8 Å². The molecule has 0 saturated heterocycles. The molecule has 0 unspecified atom stereocenters. The molecule has 0 amide bonds. The van der Waals surface area contributed by atoms with E-state index in [9.17, 15) is 19.7 Å². The van der Waals surface area contributed by atoms with E-state index >= 15 is 0 Å². The Morgan fingerprint density at radius 2 is 1.65 bits per heavy atom. The van der Waals surface area contributed by atoms with Crippen molar-refractivity contribution in [2.24, 2.45) is 21.1 Å². The van der Waals surface area contributed by atoms with E-state index in [2.05, 4.69) is 4.98 Å². The molecule has 0 bridgehead atoms. The first-order valence-electron chi connectivity index (χ1n) is 7.71. The van der Waals surface area contributed by atoms with E-state index in [1.165, 1.54) is 23.1 Å². The second-order valence-electron chi connectivity index (χ2n) is 5.98. The third-order valence-corrected chi connectivity index (χ3v) is 4.52. The highest BCUT2D eigenvalue weighted by Gasteiger charge is 2.32. The fraction of sp³-hybridized carbons (Fsp3) is 0.188. The molecule has 132 valence electrons. The van der Waals surface area contributed by atoms with Crippen LogP contribution < -0.4 is 11.2 Å². The zero-order valence-electron chi connectivity index (χ0n) is 14.2. The number of nitrogens with zero attached hydrogens (tertiary/aromatic N) is 6. The molecule has 1 aromatic carbocycles. The minimum Gasteiger partial charge on any atom is -0.358 e. The number of hydrogen-bond donors (Lipinski definition) is 0. The molecule has 0 fully saturated rings. The Morgan fingerprint density at radius 3 is 2.27 bits per heavy atom. The third-order valence-electron chi connectivity index (χ3n) is 4.52. The van der Waals surface area contributed by atoms with Crippen molar-refractivity contribution in [3.8, 4) is 11.3 Å². The predicted molar refractivity (Wildman–Crippen MR) is 94.2 cm³/mol. The number of aryl methyl sites for hydroxylation is 2. The van der Waals surface area contributed by atoms with Gasteiger partial charge in [-0.05, 0) is 4.92 Å². The van der Waals surface area contributed by atoms with Gasteiger partial charge < -0.3 is 10.1 Å². The molecule has 0 spiro atoms. The van der Waals surface area contributed by atoms with Gasteiger partial charge in [-0.15, -0.1) is 4.40 Å². The van der Waals surface area contributed by atoms with Gasteiger partial charge in [0.15, 0.2) is 5.65 Å². The minimum atomic E-state index is -0.635. The van der Waals surface area contributed by atoms with Crippen LogP contribution in [0.3, 0.4) is 0 Å². The summed E-state index contributed by atoms with van der Waals surface area (Å²) >= 11 is 0. The Hall–Kier alpha value is -3.69. The van der Waals surface area contributed by atoms with Crippen LogP contribution in [0.1, 0.15) is 0 Å². The predicted octanol–water partition coefficient (Wildman–Crippen LogP) is 0.799. The van der Waals surface area contributed by atoms with Crippen LogP contribution >= 0.6 is 0 Å². The van der Waals surface area contributed by atoms with Crippen LogP contribution in [0.5, 0.6) is 0 Å². The van der Waals surface area contributed by atoms with Crippen LogP contribution in [0.2, 0.25) is 0 Å². The molecule has 26 heavy (non-hydrogen) atoms. The van der Waals surface area contributed by atoms with Crippen LogP contribution in [0, 0.1) is 10.1 Å². The van der Waals surface area contributed by atoms with E-state index in [-0.39, 0.29) is 22.8 Å². The normalized spacial score (nSPS) is 11.5. The Bertz CT molecular complexity index is 1320. The van der Waals surface area contributed by atoms with Gasteiger partial charge in [0, 0.05) is 26.7 Å². The van der Waals surface area contributed by atoms with Crippen LogP contribution in [0.4, 0.5) is 5.82 Å². The number of rotatable bonds is 2.